The number of amides is 1. The molecule has 0 N–H and O–H groups in total. The van der Waals surface area contributed by atoms with Crippen molar-refractivity contribution >= 4 is 6.09 Å². The predicted molar refractivity (Wildman–Crippen MR) is 40.2 cm³/mol. The molecule has 0 aromatic rings. The lowest BCUT2D eigenvalue weighted by Crippen LogP contribution is -2.27. The van der Waals surface area contributed by atoms with E-state index in [0.717, 1.165) is 0 Å². The molecule has 3 nitrogen and oxygen atoms in total. The number of hydrogen-bond donors (Lipinski definition) is 0. The minimum atomic E-state index is -0.371. The molecule has 0 radical (unpaired) electrons. The summed E-state index contributed by atoms with van der Waals surface area (Å²) in [7, 11) is 2.96. The molecule has 0 fully saturated rings. The van der Waals surface area contributed by atoms with E-state index in [-0.39, 0.29) is 12.8 Å². The Morgan fingerprint density at radius 2 is 2.18 bits per heavy atom. The fraction of sp³-hybridized carbons (Fsp3) is 0.857. The number of rotatable bonds is 4. The molecule has 0 atom stereocenters. The van der Waals surface area contributed by atoms with Gasteiger partial charge in [0, 0.05) is 13.6 Å². The van der Waals surface area contributed by atoms with E-state index < -0.39 is 0 Å². The molecule has 0 unspecified atom stereocenters. The van der Waals surface area contributed by atoms with Crippen LogP contribution in [0.25, 0.3) is 0 Å². The van der Waals surface area contributed by atoms with E-state index in [1.807, 2.05) is 0 Å². The molecule has 0 aliphatic carbocycles. The van der Waals surface area contributed by atoms with Crippen LogP contribution < -0.4 is 0 Å². The van der Waals surface area contributed by atoms with Crippen molar-refractivity contribution in [1.29, 1.82) is 0 Å². The van der Waals surface area contributed by atoms with Gasteiger partial charge in [-0.3, -0.25) is 4.39 Å². The Labute approximate surface area is 66.1 Å². The van der Waals surface area contributed by atoms with Gasteiger partial charge >= 0.3 is 6.09 Å². The standard InChI is InChI=1S/C7H14FNO2/c1-9(7(10)11-2)6-4-3-5-8/h3-6H2,1-2H3. The van der Waals surface area contributed by atoms with E-state index in [0.29, 0.717) is 19.4 Å². The molecule has 11 heavy (non-hydrogen) atoms. The van der Waals surface area contributed by atoms with Crippen LogP contribution in [0.4, 0.5) is 9.18 Å². The maximum absolute atomic E-state index is 11.6. The van der Waals surface area contributed by atoms with Gasteiger partial charge in [0.25, 0.3) is 0 Å². The van der Waals surface area contributed by atoms with Crippen molar-refractivity contribution < 1.29 is 13.9 Å². The van der Waals surface area contributed by atoms with Gasteiger partial charge in [-0.05, 0) is 12.8 Å². The summed E-state index contributed by atoms with van der Waals surface area (Å²) in [4.78, 5) is 12.1. The van der Waals surface area contributed by atoms with Gasteiger partial charge in [0.2, 0.25) is 0 Å². The Balaban J connectivity index is 3.36. The van der Waals surface area contributed by atoms with Crippen molar-refractivity contribution in [3.05, 3.63) is 0 Å². The van der Waals surface area contributed by atoms with Crippen molar-refractivity contribution in [2.24, 2.45) is 0 Å². The molecule has 4 heteroatoms. The Hall–Kier alpha value is -0.800. The van der Waals surface area contributed by atoms with Crippen LogP contribution in [0.5, 0.6) is 0 Å². The summed E-state index contributed by atoms with van der Waals surface area (Å²) in [5.41, 5.74) is 0. The summed E-state index contributed by atoms with van der Waals surface area (Å²) in [6.45, 7) is 0.228. The summed E-state index contributed by atoms with van der Waals surface area (Å²) >= 11 is 0. The highest BCUT2D eigenvalue weighted by molar-refractivity contribution is 5.66. The maximum atomic E-state index is 11.6. The summed E-state index contributed by atoms with van der Waals surface area (Å²) in [5.74, 6) is 0. The third-order valence-corrected chi connectivity index (χ3v) is 1.36. The van der Waals surface area contributed by atoms with Crippen molar-refractivity contribution in [2.45, 2.75) is 12.8 Å². The zero-order chi connectivity index (χ0) is 8.69. The number of unbranched alkanes of at least 4 members (excludes halogenated alkanes) is 1. The SMILES string of the molecule is COC(=O)N(C)CCCCF. The minimum absolute atomic E-state index is 0.324. The molecule has 0 aliphatic heterocycles. The number of hydrogen-bond acceptors (Lipinski definition) is 2. The average molecular weight is 163 g/mol. The second kappa shape index (κ2) is 5.95. The van der Waals surface area contributed by atoms with Crippen LogP contribution >= 0.6 is 0 Å². The fourth-order valence-corrected chi connectivity index (χ4v) is 0.691. The van der Waals surface area contributed by atoms with E-state index in [9.17, 15) is 9.18 Å². The van der Waals surface area contributed by atoms with Gasteiger partial charge in [0.05, 0.1) is 13.8 Å². The van der Waals surface area contributed by atoms with Gasteiger partial charge in [-0.25, -0.2) is 4.79 Å². The summed E-state index contributed by atoms with van der Waals surface area (Å²) in [5, 5.41) is 0. The topological polar surface area (TPSA) is 29.5 Å². The second-order valence-electron chi connectivity index (χ2n) is 2.29. The van der Waals surface area contributed by atoms with Crippen LogP contribution in [0, 0.1) is 0 Å². The van der Waals surface area contributed by atoms with E-state index in [1.165, 1.54) is 12.0 Å². The van der Waals surface area contributed by atoms with Crippen molar-refractivity contribution in [2.75, 3.05) is 27.4 Å². The molecule has 0 saturated heterocycles. The van der Waals surface area contributed by atoms with Crippen molar-refractivity contribution in [1.82, 2.24) is 4.90 Å². The Kier molecular flexibility index (Phi) is 5.51. The first-order valence-corrected chi connectivity index (χ1v) is 3.57. The van der Waals surface area contributed by atoms with E-state index in [2.05, 4.69) is 4.74 Å². The summed E-state index contributed by atoms with van der Waals surface area (Å²) in [6.07, 6.45) is 0.813. The van der Waals surface area contributed by atoms with Crippen LogP contribution in [0.2, 0.25) is 0 Å². The highest BCUT2D eigenvalue weighted by atomic mass is 19.1. The lowest BCUT2D eigenvalue weighted by atomic mass is 10.3. The predicted octanol–water partition coefficient (Wildman–Crippen LogP) is 1.43. The van der Waals surface area contributed by atoms with Crippen LogP contribution in [-0.2, 0) is 4.74 Å². The minimum Gasteiger partial charge on any atom is -0.453 e. The lowest BCUT2D eigenvalue weighted by molar-refractivity contribution is 0.132. The molecule has 0 aromatic carbocycles. The zero-order valence-corrected chi connectivity index (χ0v) is 6.97. The average Bonchev–Trinajstić information content (AvgIpc) is 2.03. The first kappa shape index (κ1) is 10.2. The number of alkyl halides is 1. The molecule has 0 aliphatic rings. The zero-order valence-electron chi connectivity index (χ0n) is 6.97. The van der Waals surface area contributed by atoms with E-state index in [4.69, 9.17) is 0 Å². The smallest absolute Gasteiger partial charge is 0.409 e. The molecule has 0 bridgehead atoms. The second-order valence-corrected chi connectivity index (χ2v) is 2.29. The largest absolute Gasteiger partial charge is 0.453 e. The van der Waals surface area contributed by atoms with E-state index in [1.54, 1.807) is 7.05 Å². The molecular weight excluding hydrogens is 149 g/mol. The van der Waals surface area contributed by atoms with Gasteiger partial charge in [0.1, 0.15) is 0 Å². The number of halogens is 1. The van der Waals surface area contributed by atoms with Crippen LogP contribution in [0.1, 0.15) is 12.8 Å². The normalized spacial score (nSPS) is 9.36. The van der Waals surface area contributed by atoms with Crippen LogP contribution in [0.3, 0.4) is 0 Å². The highest BCUT2D eigenvalue weighted by Gasteiger charge is 2.05. The Morgan fingerprint density at radius 3 is 2.64 bits per heavy atom. The van der Waals surface area contributed by atoms with Crippen LogP contribution in [0.15, 0.2) is 0 Å². The lowest BCUT2D eigenvalue weighted by Gasteiger charge is -2.14. The summed E-state index contributed by atoms with van der Waals surface area (Å²) in [6, 6.07) is 0. The van der Waals surface area contributed by atoms with Gasteiger partial charge in [-0.15, -0.1) is 0 Å². The molecule has 0 saturated carbocycles. The van der Waals surface area contributed by atoms with Crippen molar-refractivity contribution in [3.8, 4) is 0 Å². The molecule has 0 rings (SSSR count). The molecule has 0 aromatic heterocycles. The number of carbonyl (C=O) groups excluding carboxylic acids is 1. The molecule has 0 spiro atoms. The third kappa shape index (κ3) is 4.58. The number of carbonyl (C=O) groups is 1. The fourth-order valence-electron chi connectivity index (χ4n) is 0.691. The Morgan fingerprint density at radius 1 is 1.55 bits per heavy atom. The quantitative estimate of drug-likeness (QED) is 0.587. The third-order valence-electron chi connectivity index (χ3n) is 1.36. The van der Waals surface area contributed by atoms with Gasteiger partial charge in [-0.1, -0.05) is 0 Å². The van der Waals surface area contributed by atoms with Gasteiger partial charge in [-0.2, -0.15) is 0 Å². The molecule has 66 valence electrons. The monoisotopic (exact) mass is 163 g/mol. The maximum Gasteiger partial charge on any atom is 0.409 e. The highest BCUT2D eigenvalue weighted by Crippen LogP contribution is 1.94. The van der Waals surface area contributed by atoms with Crippen molar-refractivity contribution in [3.63, 3.8) is 0 Å². The molecular formula is C7H14FNO2. The molecule has 0 heterocycles. The number of ether oxygens (including phenoxy) is 1. The number of methoxy groups -OCH3 is 1. The van der Waals surface area contributed by atoms with Gasteiger partial charge < -0.3 is 9.64 Å². The van der Waals surface area contributed by atoms with Gasteiger partial charge in [0.15, 0.2) is 0 Å². The van der Waals surface area contributed by atoms with E-state index >= 15 is 0 Å². The Bertz CT molecular complexity index is 119. The summed E-state index contributed by atoms with van der Waals surface area (Å²) < 4.78 is 16.0. The molecule has 1 amide bonds. The first-order valence-electron chi connectivity index (χ1n) is 3.57. The number of nitrogens with zero attached hydrogens (tertiary/aromatic N) is 1. The van der Waals surface area contributed by atoms with Crippen LogP contribution in [-0.4, -0.2) is 38.4 Å². The first-order chi connectivity index (χ1) is 5.22.